The van der Waals surface area contributed by atoms with Crippen molar-refractivity contribution in [3.63, 3.8) is 0 Å². The molecule has 8 nitrogen and oxygen atoms in total. The second-order valence-corrected chi connectivity index (χ2v) is 9.30. The molecule has 34 heavy (non-hydrogen) atoms. The molecular weight excluding hydrogens is 453 g/mol. The molecule has 1 saturated heterocycles. The van der Waals surface area contributed by atoms with Crippen molar-refractivity contribution in [2.45, 2.75) is 19.5 Å². The fourth-order valence-electron chi connectivity index (χ4n) is 4.63. The van der Waals surface area contributed by atoms with Crippen molar-refractivity contribution < 1.29 is 9.18 Å². The largest absolute Gasteiger partial charge is 0.358 e. The summed E-state index contributed by atoms with van der Waals surface area (Å²) in [6, 6.07) is 10.8. The number of para-hydroxylation sites is 1. The summed E-state index contributed by atoms with van der Waals surface area (Å²) in [6.45, 7) is 4.30. The van der Waals surface area contributed by atoms with E-state index in [1.807, 2.05) is 33.9 Å². The van der Waals surface area contributed by atoms with Gasteiger partial charge < -0.3 is 19.4 Å². The molecule has 1 aliphatic rings. The van der Waals surface area contributed by atoms with Gasteiger partial charge in [-0.25, -0.2) is 19.3 Å². The van der Waals surface area contributed by atoms with Crippen molar-refractivity contribution in [2.24, 2.45) is 0 Å². The number of amides is 1. The molecular formula is C24H22FN7OS. The number of imidazole rings is 1. The number of thiazole rings is 1. The van der Waals surface area contributed by atoms with Gasteiger partial charge in [-0.3, -0.25) is 4.79 Å². The highest BCUT2D eigenvalue weighted by atomic mass is 32.1. The van der Waals surface area contributed by atoms with E-state index in [1.54, 1.807) is 23.8 Å². The maximum absolute atomic E-state index is 14.1. The van der Waals surface area contributed by atoms with Gasteiger partial charge in [0.05, 0.1) is 11.0 Å². The highest BCUT2D eigenvalue weighted by Crippen LogP contribution is 2.34. The fourth-order valence-corrected chi connectivity index (χ4v) is 5.47. The Kier molecular flexibility index (Phi) is 5.02. The molecule has 0 bridgehead atoms. The molecule has 5 heterocycles. The number of hydrogen-bond acceptors (Lipinski definition) is 6. The second-order valence-electron chi connectivity index (χ2n) is 8.47. The number of piperazine rings is 1. The van der Waals surface area contributed by atoms with E-state index in [0.717, 1.165) is 16.0 Å². The van der Waals surface area contributed by atoms with Crippen LogP contribution in [0.4, 0.5) is 9.39 Å². The third-order valence-electron chi connectivity index (χ3n) is 6.30. The molecule has 0 radical (unpaired) electrons. The van der Waals surface area contributed by atoms with Crippen LogP contribution in [0.5, 0.6) is 0 Å². The molecule has 0 spiro atoms. The van der Waals surface area contributed by atoms with E-state index in [4.69, 9.17) is 0 Å². The summed E-state index contributed by atoms with van der Waals surface area (Å²) in [7, 11) is 0. The first kappa shape index (κ1) is 20.8. The van der Waals surface area contributed by atoms with E-state index in [9.17, 15) is 9.18 Å². The van der Waals surface area contributed by atoms with Gasteiger partial charge in [0.15, 0.2) is 11.6 Å². The molecule has 1 atom stereocenters. The summed E-state index contributed by atoms with van der Waals surface area (Å²) in [4.78, 5) is 33.9. The number of H-pyrrole nitrogens is 1. The number of carbonyl (C=O) groups excluding carboxylic acids is 1. The maximum atomic E-state index is 14.1. The number of hydrogen-bond donors (Lipinski definition) is 1. The lowest BCUT2D eigenvalue weighted by molar-refractivity contribution is -0.134. The zero-order valence-electron chi connectivity index (χ0n) is 18.5. The molecule has 5 aromatic rings. The van der Waals surface area contributed by atoms with Gasteiger partial charge in [-0.15, -0.1) is 11.3 Å². The molecule has 0 saturated carbocycles. The summed E-state index contributed by atoms with van der Waals surface area (Å²) in [5, 5.41) is 2.00. The minimum Gasteiger partial charge on any atom is -0.358 e. The van der Waals surface area contributed by atoms with Gasteiger partial charge in [0.1, 0.15) is 28.4 Å². The second kappa shape index (κ2) is 8.21. The quantitative estimate of drug-likeness (QED) is 0.426. The zero-order valence-corrected chi connectivity index (χ0v) is 19.3. The number of aromatic amines is 1. The van der Waals surface area contributed by atoms with Crippen molar-refractivity contribution in [3.05, 3.63) is 60.1 Å². The van der Waals surface area contributed by atoms with Gasteiger partial charge in [-0.1, -0.05) is 6.07 Å². The molecule has 4 aromatic heterocycles. The highest BCUT2D eigenvalue weighted by Gasteiger charge is 2.30. The average Bonchev–Trinajstić information content (AvgIpc) is 3.58. The lowest BCUT2D eigenvalue weighted by Crippen LogP contribution is -2.54. The standard InChI is InChI=1S/C24H22FN7OS/c1-15-12-31(10-11-32(15)19(33)13-30-9-7-16-4-3-8-26-23(16)30)24-21(27-14-34-24)22-28-18-6-2-5-17(25)20(18)29-22/h2-9,14-15H,10-13H2,1H3,(H,28,29). The van der Waals surface area contributed by atoms with Crippen molar-refractivity contribution >= 4 is 44.3 Å². The average molecular weight is 476 g/mol. The molecule has 1 N–H and O–H groups in total. The summed E-state index contributed by atoms with van der Waals surface area (Å²) < 4.78 is 16.0. The molecule has 1 fully saturated rings. The van der Waals surface area contributed by atoms with Crippen LogP contribution in [0.1, 0.15) is 6.92 Å². The molecule has 6 rings (SSSR count). The smallest absolute Gasteiger partial charge is 0.242 e. The van der Waals surface area contributed by atoms with Gasteiger partial charge >= 0.3 is 0 Å². The summed E-state index contributed by atoms with van der Waals surface area (Å²) in [5.74, 6) is 0.269. The number of anilines is 1. The molecule has 1 aliphatic heterocycles. The number of halogens is 1. The summed E-state index contributed by atoms with van der Waals surface area (Å²) in [6.07, 6.45) is 3.66. The Hall–Kier alpha value is -3.79. The Morgan fingerprint density at radius 1 is 1.21 bits per heavy atom. The summed E-state index contributed by atoms with van der Waals surface area (Å²) in [5.41, 5.74) is 4.26. The molecule has 1 amide bonds. The van der Waals surface area contributed by atoms with Crippen LogP contribution in [0.25, 0.3) is 33.6 Å². The Balaban J connectivity index is 1.19. The van der Waals surface area contributed by atoms with E-state index < -0.39 is 0 Å². The number of carbonyl (C=O) groups is 1. The van der Waals surface area contributed by atoms with Crippen LogP contribution in [0.3, 0.4) is 0 Å². The molecule has 1 unspecified atom stereocenters. The van der Waals surface area contributed by atoms with Gasteiger partial charge in [0, 0.05) is 43.5 Å². The lowest BCUT2D eigenvalue weighted by atomic mass is 10.2. The Morgan fingerprint density at radius 2 is 2.12 bits per heavy atom. The van der Waals surface area contributed by atoms with Crippen molar-refractivity contribution in [1.29, 1.82) is 0 Å². The first-order valence-electron chi connectivity index (χ1n) is 11.1. The zero-order chi connectivity index (χ0) is 23.2. The number of nitrogens with zero attached hydrogens (tertiary/aromatic N) is 6. The Bertz CT molecular complexity index is 1510. The predicted octanol–water partition coefficient (Wildman–Crippen LogP) is 3.91. The minimum absolute atomic E-state index is 0.0269. The van der Waals surface area contributed by atoms with Crippen LogP contribution in [0.15, 0.2) is 54.3 Å². The number of pyridine rings is 1. The van der Waals surface area contributed by atoms with Crippen molar-refractivity contribution in [3.8, 4) is 11.5 Å². The van der Waals surface area contributed by atoms with E-state index in [-0.39, 0.29) is 24.3 Å². The van der Waals surface area contributed by atoms with E-state index >= 15 is 0 Å². The number of aromatic nitrogens is 5. The highest BCUT2D eigenvalue weighted by molar-refractivity contribution is 7.14. The van der Waals surface area contributed by atoms with Crippen molar-refractivity contribution in [1.82, 2.24) is 29.4 Å². The van der Waals surface area contributed by atoms with Gasteiger partial charge in [-0.05, 0) is 37.3 Å². The number of benzene rings is 1. The van der Waals surface area contributed by atoms with Gasteiger partial charge in [0.25, 0.3) is 0 Å². The van der Waals surface area contributed by atoms with Gasteiger partial charge in [-0.2, -0.15) is 0 Å². The lowest BCUT2D eigenvalue weighted by Gasteiger charge is -2.40. The first-order valence-corrected chi connectivity index (χ1v) is 12.0. The summed E-state index contributed by atoms with van der Waals surface area (Å²) >= 11 is 1.53. The van der Waals surface area contributed by atoms with Crippen molar-refractivity contribution in [2.75, 3.05) is 24.5 Å². The normalized spacial score (nSPS) is 16.6. The molecule has 10 heteroatoms. The van der Waals surface area contributed by atoms with E-state index in [2.05, 4.69) is 31.8 Å². The van der Waals surface area contributed by atoms with E-state index in [0.29, 0.717) is 42.2 Å². The number of rotatable bonds is 4. The van der Waals surface area contributed by atoms with Crippen LogP contribution >= 0.6 is 11.3 Å². The molecule has 0 aliphatic carbocycles. The fraction of sp³-hybridized carbons (Fsp3) is 0.250. The number of nitrogens with one attached hydrogen (secondary N) is 1. The molecule has 1 aromatic carbocycles. The first-order chi connectivity index (χ1) is 16.6. The minimum atomic E-state index is -0.358. The Morgan fingerprint density at radius 3 is 2.97 bits per heavy atom. The third-order valence-corrected chi connectivity index (χ3v) is 7.19. The van der Waals surface area contributed by atoms with Crippen LogP contribution in [0, 0.1) is 5.82 Å². The maximum Gasteiger partial charge on any atom is 0.242 e. The van der Waals surface area contributed by atoms with Crippen LogP contribution in [-0.2, 0) is 11.3 Å². The SMILES string of the molecule is CC1CN(c2scnc2-c2nc3c(F)cccc3[nH]2)CCN1C(=O)Cn1ccc2cccnc21. The van der Waals surface area contributed by atoms with Crippen LogP contribution < -0.4 is 4.90 Å². The Labute approximate surface area is 198 Å². The monoisotopic (exact) mass is 475 g/mol. The van der Waals surface area contributed by atoms with Crippen LogP contribution in [0.2, 0.25) is 0 Å². The van der Waals surface area contributed by atoms with Gasteiger partial charge in [0.2, 0.25) is 5.91 Å². The van der Waals surface area contributed by atoms with E-state index in [1.165, 1.54) is 17.4 Å². The molecule has 172 valence electrons. The number of fused-ring (bicyclic) bond motifs is 2. The third kappa shape index (κ3) is 3.50. The topological polar surface area (TPSA) is 82.9 Å². The predicted molar refractivity (Wildman–Crippen MR) is 130 cm³/mol. The van der Waals surface area contributed by atoms with Crippen LogP contribution in [-0.4, -0.2) is 61.0 Å².